The molecule has 31 heavy (non-hydrogen) atoms. The maximum atomic E-state index is 12.5. The summed E-state index contributed by atoms with van der Waals surface area (Å²) in [6, 6.07) is 21.6. The average Bonchev–Trinajstić information content (AvgIpc) is 3.33. The van der Waals surface area contributed by atoms with Gasteiger partial charge in [0.15, 0.2) is 0 Å². The Morgan fingerprint density at radius 3 is 2.48 bits per heavy atom. The molecule has 3 N–H and O–H groups in total. The van der Waals surface area contributed by atoms with Gasteiger partial charge in [-0.3, -0.25) is 9.78 Å². The molecule has 2 aromatic heterocycles. The molecule has 4 aromatic rings. The molecule has 0 aliphatic carbocycles. The van der Waals surface area contributed by atoms with E-state index in [2.05, 4.69) is 20.6 Å². The zero-order chi connectivity index (χ0) is 22.1. The number of aromatic amines is 1. The van der Waals surface area contributed by atoms with Crippen molar-refractivity contribution in [1.82, 2.24) is 9.97 Å². The van der Waals surface area contributed by atoms with E-state index in [1.54, 1.807) is 6.20 Å². The molecular weight excluding hydrogens is 384 g/mol. The molecule has 0 aliphatic heterocycles. The summed E-state index contributed by atoms with van der Waals surface area (Å²) in [5.41, 5.74) is 6.88. The second kappa shape index (κ2) is 10.8. The number of pyridine rings is 1. The van der Waals surface area contributed by atoms with Gasteiger partial charge in [0.05, 0.1) is 6.42 Å². The predicted molar refractivity (Wildman–Crippen MR) is 129 cm³/mol. The smallest absolute Gasteiger partial charge is 0.228 e. The highest BCUT2D eigenvalue weighted by Gasteiger charge is 2.06. The Hall–Kier alpha value is -3.86. The maximum Gasteiger partial charge on any atom is 0.228 e. The molecule has 0 saturated carbocycles. The van der Waals surface area contributed by atoms with Crippen molar-refractivity contribution in [3.05, 3.63) is 96.4 Å². The second-order valence-corrected chi connectivity index (χ2v) is 6.90. The number of hydrogen-bond donors (Lipinski definition) is 3. The molecule has 1 amide bonds. The molecule has 0 saturated heterocycles. The second-order valence-electron chi connectivity index (χ2n) is 6.90. The van der Waals surface area contributed by atoms with E-state index in [-0.39, 0.29) is 5.91 Å². The van der Waals surface area contributed by atoms with Crippen LogP contribution in [0.3, 0.4) is 0 Å². The van der Waals surface area contributed by atoms with E-state index in [4.69, 9.17) is 0 Å². The van der Waals surface area contributed by atoms with Gasteiger partial charge in [-0.05, 0) is 66.1 Å². The van der Waals surface area contributed by atoms with Gasteiger partial charge in [0.25, 0.3) is 0 Å². The minimum absolute atomic E-state index is 0.0423. The minimum atomic E-state index is -0.0423. The van der Waals surface area contributed by atoms with Gasteiger partial charge in [-0.15, -0.1) is 0 Å². The normalized spacial score (nSPS) is 10.0. The molecule has 4 rings (SSSR count). The Bertz CT molecular complexity index is 1100. The van der Waals surface area contributed by atoms with Crippen molar-refractivity contribution in [2.75, 3.05) is 10.6 Å². The van der Waals surface area contributed by atoms with Crippen LogP contribution in [-0.2, 0) is 11.2 Å². The van der Waals surface area contributed by atoms with Gasteiger partial charge in [0.2, 0.25) is 5.91 Å². The predicted octanol–water partition coefficient (Wildman–Crippen LogP) is 6.34. The van der Waals surface area contributed by atoms with Crippen molar-refractivity contribution in [2.24, 2.45) is 0 Å². The number of nitrogens with one attached hydrogen (secondary N) is 3. The number of aromatic nitrogens is 2. The number of hydrogen-bond acceptors (Lipinski definition) is 3. The van der Waals surface area contributed by atoms with Crippen LogP contribution in [0.4, 0.5) is 17.1 Å². The molecule has 0 bridgehead atoms. The first kappa shape index (κ1) is 21.8. The van der Waals surface area contributed by atoms with E-state index < -0.39 is 0 Å². The van der Waals surface area contributed by atoms with Gasteiger partial charge in [-0.25, -0.2) is 0 Å². The number of amides is 1. The Kier molecular flexibility index (Phi) is 7.60. The average molecular weight is 413 g/mol. The minimum Gasteiger partial charge on any atom is -0.361 e. The summed E-state index contributed by atoms with van der Waals surface area (Å²) in [6.07, 6.45) is 5.79. The summed E-state index contributed by atoms with van der Waals surface area (Å²) < 4.78 is 0. The highest BCUT2D eigenvalue weighted by atomic mass is 16.1. The van der Waals surface area contributed by atoms with Gasteiger partial charge < -0.3 is 15.6 Å². The number of carbonyl (C=O) groups excluding carboxylic acids is 1. The van der Waals surface area contributed by atoms with E-state index in [1.807, 2.05) is 99.9 Å². The molecule has 0 spiro atoms. The Morgan fingerprint density at radius 1 is 0.968 bits per heavy atom. The molecule has 0 fully saturated rings. The largest absolute Gasteiger partial charge is 0.361 e. The van der Waals surface area contributed by atoms with Gasteiger partial charge in [-0.2, -0.15) is 0 Å². The molecule has 0 radical (unpaired) electrons. The number of H-pyrrole nitrogens is 1. The van der Waals surface area contributed by atoms with Gasteiger partial charge >= 0.3 is 0 Å². The third-order valence-corrected chi connectivity index (χ3v) is 4.67. The monoisotopic (exact) mass is 412 g/mol. The summed E-state index contributed by atoms with van der Waals surface area (Å²) in [4.78, 5) is 19.7. The lowest BCUT2D eigenvalue weighted by molar-refractivity contribution is -0.115. The molecule has 2 aromatic carbocycles. The Morgan fingerprint density at radius 2 is 1.77 bits per heavy atom. The number of aryl methyl sites for hydroxylation is 1. The van der Waals surface area contributed by atoms with Crippen LogP contribution in [0, 0.1) is 6.92 Å². The SMILES string of the molecule is CC.Cc1cnccc1Nc1ccc(CC(=O)Nc2cccc(-c3ccc[nH]3)c2)cc1. The number of benzene rings is 2. The fourth-order valence-electron chi connectivity index (χ4n) is 3.14. The van der Waals surface area contributed by atoms with Crippen LogP contribution in [0.1, 0.15) is 25.0 Å². The highest BCUT2D eigenvalue weighted by Crippen LogP contribution is 2.22. The van der Waals surface area contributed by atoms with E-state index >= 15 is 0 Å². The summed E-state index contributed by atoms with van der Waals surface area (Å²) in [6.45, 7) is 6.01. The zero-order valence-corrected chi connectivity index (χ0v) is 18.1. The van der Waals surface area contributed by atoms with Crippen molar-refractivity contribution in [3.8, 4) is 11.3 Å². The molecule has 5 nitrogen and oxygen atoms in total. The molecule has 5 heteroatoms. The molecular formula is C26H28N4O. The third kappa shape index (κ3) is 6.06. The fraction of sp³-hybridized carbons (Fsp3) is 0.154. The first-order chi connectivity index (χ1) is 15.2. The lowest BCUT2D eigenvalue weighted by Gasteiger charge is -2.10. The fourth-order valence-corrected chi connectivity index (χ4v) is 3.14. The molecule has 0 atom stereocenters. The van der Waals surface area contributed by atoms with Gasteiger partial charge in [0.1, 0.15) is 0 Å². The van der Waals surface area contributed by atoms with Gasteiger partial charge in [0, 0.05) is 41.3 Å². The van der Waals surface area contributed by atoms with E-state index in [9.17, 15) is 4.79 Å². The number of anilines is 3. The van der Waals surface area contributed by atoms with E-state index in [1.165, 1.54) is 0 Å². The summed E-state index contributed by atoms with van der Waals surface area (Å²) in [5.74, 6) is -0.0423. The first-order valence-corrected chi connectivity index (χ1v) is 10.5. The summed E-state index contributed by atoms with van der Waals surface area (Å²) >= 11 is 0. The standard InChI is InChI=1S/C24H22N4O.C2H6/c1-17-16-25-13-11-22(17)27-20-9-7-18(8-10-20)14-24(29)28-21-5-2-4-19(15-21)23-6-3-12-26-23;1-2/h2-13,15-16,26H,14H2,1H3,(H,25,27)(H,28,29);1-2H3. The lowest BCUT2D eigenvalue weighted by atomic mass is 10.1. The Balaban J connectivity index is 0.00000132. The topological polar surface area (TPSA) is 69.8 Å². The number of carbonyl (C=O) groups is 1. The molecule has 0 aliphatic rings. The Labute approximate surface area is 183 Å². The summed E-state index contributed by atoms with van der Waals surface area (Å²) in [7, 11) is 0. The van der Waals surface area contributed by atoms with Crippen LogP contribution in [0.25, 0.3) is 11.3 Å². The third-order valence-electron chi connectivity index (χ3n) is 4.67. The van der Waals surface area contributed by atoms with E-state index in [0.29, 0.717) is 6.42 Å². The van der Waals surface area contributed by atoms with E-state index in [0.717, 1.165) is 39.4 Å². The van der Waals surface area contributed by atoms with Crippen molar-refractivity contribution >= 4 is 23.0 Å². The zero-order valence-electron chi connectivity index (χ0n) is 18.1. The van der Waals surface area contributed by atoms with Crippen molar-refractivity contribution in [3.63, 3.8) is 0 Å². The number of nitrogens with zero attached hydrogens (tertiary/aromatic N) is 1. The van der Waals surface area contributed by atoms with Crippen LogP contribution >= 0.6 is 0 Å². The maximum absolute atomic E-state index is 12.5. The number of rotatable bonds is 6. The molecule has 0 unspecified atom stereocenters. The highest BCUT2D eigenvalue weighted by molar-refractivity contribution is 5.93. The van der Waals surface area contributed by atoms with Crippen LogP contribution in [0.15, 0.2) is 85.3 Å². The van der Waals surface area contributed by atoms with Crippen molar-refractivity contribution in [1.29, 1.82) is 0 Å². The van der Waals surface area contributed by atoms with Gasteiger partial charge in [-0.1, -0.05) is 38.1 Å². The quantitative estimate of drug-likeness (QED) is 0.346. The first-order valence-electron chi connectivity index (χ1n) is 10.5. The van der Waals surface area contributed by atoms with Crippen molar-refractivity contribution < 1.29 is 4.79 Å². The van der Waals surface area contributed by atoms with Crippen LogP contribution < -0.4 is 10.6 Å². The summed E-state index contributed by atoms with van der Waals surface area (Å²) in [5, 5.41) is 6.35. The van der Waals surface area contributed by atoms with Crippen LogP contribution in [0.5, 0.6) is 0 Å². The lowest BCUT2D eigenvalue weighted by Crippen LogP contribution is -2.14. The molecule has 158 valence electrons. The van der Waals surface area contributed by atoms with Crippen LogP contribution in [0.2, 0.25) is 0 Å². The van der Waals surface area contributed by atoms with Crippen LogP contribution in [-0.4, -0.2) is 15.9 Å². The van der Waals surface area contributed by atoms with Crippen molar-refractivity contribution in [2.45, 2.75) is 27.2 Å². The molecule has 2 heterocycles.